The molecular formula is C25H35N3O2. The van der Waals surface area contributed by atoms with Crippen molar-refractivity contribution in [3.05, 3.63) is 59.4 Å². The molecule has 0 atom stereocenters. The quantitative estimate of drug-likeness (QED) is 0.552. The molecule has 1 aliphatic carbocycles. The third-order valence-corrected chi connectivity index (χ3v) is 5.82. The summed E-state index contributed by atoms with van der Waals surface area (Å²) in [6.45, 7) is 5.56. The van der Waals surface area contributed by atoms with Crippen LogP contribution in [0.15, 0.2) is 42.6 Å². The predicted molar refractivity (Wildman–Crippen MR) is 120 cm³/mol. The molecule has 0 N–H and O–H groups in total. The molecule has 1 aromatic carbocycles. The molecule has 30 heavy (non-hydrogen) atoms. The Labute approximate surface area is 180 Å². The summed E-state index contributed by atoms with van der Waals surface area (Å²) in [6, 6.07) is 12.3. The molecule has 2 amide bonds. The van der Waals surface area contributed by atoms with Crippen LogP contribution in [0.3, 0.4) is 0 Å². The molecule has 0 spiro atoms. The van der Waals surface area contributed by atoms with Gasteiger partial charge in [-0.15, -0.1) is 0 Å². The van der Waals surface area contributed by atoms with Crippen LogP contribution >= 0.6 is 0 Å². The van der Waals surface area contributed by atoms with Crippen LogP contribution in [0.1, 0.15) is 67.6 Å². The van der Waals surface area contributed by atoms with Crippen molar-refractivity contribution < 1.29 is 9.59 Å². The van der Waals surface area contributed by atoms with E-state index in [0.29, 0.717) is 24.7 Å². The Balaban J connectivity index is 1.67. The van der Waals surface area contributed by atoms with Gasteiger partial charge in [0.25, 0.3) is 5.91 Å². The van der Waals surface area contributed by atoms with Gasteiger partial charge in [-0.2, -0.15) is 0 Å². The highest BCUT2D eigenvalue weighted by atomic mass is 16.2. The molecule has 0 aliphatic heterocycles. The fourth-order valence-corrected chi connectivity index (χ4v) is 3.80. The Morgan fingerprint density at radius 3 is 2.37 bits per heavy atom. The number of benzene rings is 1. The average Bonchev–Trinajstić information content (AvgIpc) is 3.51. The van der Waals surface area contributed by atoms with Crippen molar-refractivity contribution >= 4 is 11.8 Å². The first-order valence-electron chi connectivity index (χ1n) is 11.3. The van der Waals surface area contributed by atoms with Crippen LogP contribution in [0.5, 0.6) is 0 Å². The molecule has 162 valence electrons. The summed E-state index contributed by atoms with van der Waals surface area (Å²) in [4.78, 5) is 30.0. The lowest BCUT2D eigenvalue weighted by molar-refractivity contribution is -0.133. The zero-order chi connectivity index (χ0) is 21.5. The van der Waals surface area contributed by atoms with Crippen LogP contribution in [0.25, 0.3) is 0 Å². The Morgan fingerprint density at radius 2 is 1.80 bits per heavy atom. The van der Waals surface area contributed by atoms with E-state index in [4.69, 9.17) is 0 Å². The van der Waals surface area contributed by atoms with Crippen molar-refractivity contribution in [2.24, 2.45) is 7.05 Å². The molecule has 0 unspecified atom stereocenters. The number of aromatic nitrogens is 1. The maximum absolute atomic E-state index is 13.2. The third kappa shape index (κ3) is 5.74. The Bertz CT molecular complexity index is 836. The van der Waals surface area contributed by atoms with E-state index in [1.165, 1.54) is 5.56 Å². The van der Waals surface area contributed by atoms with E-state index >= 15 is 0 Å². The number of amides is 2. The lowest BCUT2D eigenvalue weighted by Crippen LogP contribution is -2.44. The van der Waals surface area contributed by atoms with Crippen molar-refractivity contribution in [3.63, 3.8) is 0 Å². The average molecular weight is 410 g/mol. The van der Waals surface area contributed by atoms with E-state index in [2.05, 4.69) is 17.6 Å². The third-order valence-electron chi connectivity index (χ3n) is 5.82. The first-order valence-corrected chi connectivity index (χ1v) is 11.3. The van der Waals surface area contributed by atoms with Gasteiger partial charge in [-0.3, -0.25) is 9.59 Å². The van der Waals surface area contributed by atoms with Gasteiger partial charge >= 0.3 is 0 Å². The first kappa shape index (κ1) is 22.1. The normalized spacial score (nSPS) is 13.3. The topological polar surface area (TPSA) is 45.6 Å². The monoisotopic (exact) mass is 409 g/mol. The minimum atomic E-state index is -0.0538. The second kappa shape index (κ2) is 10.5. The summed E-state index contributed by atoms with van der Waals surface area (Å²) in [5, 5.41) is 0. The molecule has 1 aromatic heterocycles. The molecule has 0 radical (unpaired) electrons. The van der Waals surface area contributed by atoms with Crippen LogP contribution in [0, 0.1) is 0 Å². The molecule has 1 heterocycles. The minimum absolute atomic E-state index is 0.0417. The molecule has 0 bridgehead atoms. The van der Waals surface area contributed by atoms with E-state index < -0.39 is 0 Å². The summed E-state index contributed by atoms with van der Waals surface area (Å²) in [5.41, 5.74) is 3.04. The largest absolute Gasteiger partial charge is 0.353 e. The maximum atomic E-state index is 13.2. The molecule has 2 aromatic rings. The van der Waals surface area contributed by atoms with E-state index in [-0.39, 0.29) is 18.4 Å². The molecule has 1 aliphatic rings. The highest BCUT2D eigenvalue weighted by Gasteiger charge is 2.34. The molecule has 1 saturated carbocycles. The van der Waals surface area contributed by atoms with Gasteiger partial charge in [0, 0.05) is 37.1 Å². The van der Waals surface area contributed by atoms with Crippen LogP contribution < -0.4 is 0 Å². The Morgan fingerprint density at radius 1 is 1.07 bits per heavy atom. The first-order chi connectivity index (χ1) is 14.5. The maximum Gasteiger partial charge on any atom is 0.254 e. The van der Waals surface area contributed by atoms with Gasteiger partial charge in [-0.25, -0.2) is 0 Å². The second-order valence-corrected chi connectivity index (χ2v) is 8.39. The number of carbonyl (C=O) groups excluding carboxylic acids is 2. The number of nitrogens with zero attached hydrogens (tertiary/aromatic N) is 3. The van der Waals surface area contributed by atoms with Gasteiger partial charge in [-0.1, -0.05) is 32.4 Å². The standard InChI is InChI=1S/C25H35N3O2/c1-4-6-8-20-10-12-21(13-11-20)25(30)27(16-5-2)19-24(29)28(22-14-15-22)18-23-9-7-17-26(23)3/h7,9-13,17,22H,4-6,8,14-16,18-19H2,1-3H3. The lowest BCUT2D eigenvalue weighted by Gasteiger charge is -2.28. The van der Waals surface area contributed by atoms with Crippen LogP contribution in [-0.2, 0) is 24.8 Å². The number of unbranched alkanes of at least 4 members (excludes halogenated alkanes) is 1. The highest BCUT2D eigenvalue weighted by molar-refractivity contribution is 5.96. The molecule has 3 rings (SSSR count). The number of rotatable bonds is 11. The molecule has 5 heteroatoms. The second-order valence-electron chi connectivity index (χ2n) is 8.39. The summed E-state index contributed by atoms with van der Waals surface area (Å²) < 4.78 is 2.05. The van der Waals surface area contributed by atoms with Crippen LogP contribution in [-0.4, -0.2) is 45.3 Å². The predicted octanol–water partition coefficient (Wildman–Crippen LogP) is 4.41. The number of hydrogen-bond donors (Lipinski definition) is 0. The van der Waals surface area contributed by atoms with Gasteiger partial charge in [0.05, 0.1) is 6.54 Å². The van der Waals surface area contributed by atoms with Gasteiger partial charge in [0.15, 0.2) is 0 Å². The van der Waals surface area contributed by atoms with Crippen molar-refractivity contribution in [2.75, 3.05) is 13.1 Å². The van der Waals surface area contributed by atoms with Gasteiger partial charge < -0.3 is 14.4 Å². The van der Waals surface area contributed by atoms with Crippen LogP contribution in [0.4, 0.5) is 0 Å². The number of hydrogen-bond acceptors (Lipinski definition) is 2. The van der Waals surface area contributed by atoms with Crippen molar-refractivity contribution in [3.8, 4) is 0 Å². The summed E-state index contributed by atoms with van der Waals surface area (Å²) >= 11 is 0. The Hall–Kier alpha value is -2.56. The molecule has 0 saturated heterocycles. The smallest absolute Gasteiger partial charge is 0.254 e. The van der Waals surface area contributed by atoms with Crippen molar-refractivity contribution in [2.45, 2.75) is 65.0 Å². The fourth-order valence-electron chi connectivity index (χ4n) is 3.80. The van der Waals surface area contributed by atoms with Gasteiger partial charge in [0.1, 0.15) is 6.54 Å². The zero-order valence-corrected chi connectivity index (χ0v) is 18.6. The van der Waals surface area contributed by atoms with E-state index in [0.717, 1.165) is 44.2 Å². The molecule has 1 fully saturated rings. The van der Waals surface area contributed by atoms with E-state index in [1.54, 1.807) is 4.90 Å². The van der Waals surface area contributed by atoms with E-state index in [1.807, 2.05) is 55.4 Å². The summed E-state index contributed by atoms with van der Waals surface area (Å²) in [5.74, 6) is -0.0121. The van der Waals surface area contributed by atoms with Crippen LogP contribution in [0.2, 0.25) is 0 Å². The lowest BCUT2D eigenvalue weighted by atomic mass is 10.1. The number of carbonyl (C=O) groups is 2. The van der Waals surface area contributed by atoms with E-state index in [9.17, 15) is 9.59 Å². The van der Waals surface area contributed by atoms with Gasteiger partial charge in [0.2, 0.25) is 5.91 Å². The fraction of sp³-hybridized carbons (Fsp3) is 0.520. The SMILES string of the molecule is CCCCc1ccc(C(=O)N(CCC)CC(=O)N(Cc2cccn2C)C2CC2)cc1. The molecular weight excluding hydrogens is 374 g/mol. The molecule has 5 nitrogen and oxygen atoms in total. The minimum Gasteiger partial charge on any atom is -0.353 e. The Kier molecular flexibility index (Phi) is 7.72. The summed E-state index contributed by atoms with van der Waals surface area (Å²) in [7, 11) is 2.00. The van der Waals surface area contributed by atoms with Crippen molar-refractivity contribution in [1.29, 1.82) is 0 Å². The highest BCUT2D eigenvalue weighted by Crippen LogP contribution is 2.28. The summed E-state index contributed by atoms with van der Waals surface area (Å²) in [6.07, 6.45) is 8.29. The van der Waals surface area contributed by atoms with Crippen molar-refractivity contribution in [1.82, 2.24) is 14.4 Å². The number of aryl methyl sites for hydroxylation is 2. The van der Waals surface area contributed by atoms with Gasteiger partial charge in [-0.05, 0) is 61.9 Å². The zero-order valence-electron chi connectivity index (χ0n) is 18.6.